The van der Waals surface area contributed by atoms with Gasteiger partial charge in [-0.3, -0.25) is 4.84 Å². The first-order chi connectivity index (χ1) is 8.63. The highest BCUT2D eigenvalue weighted by molar-refractivity contribution is 5.19. The number of nitrogens with zero attached hydrogens (tertiary/aromatic N) is 1. The minimum absolute atomic E-state index is 0.196. The molecule has 0 spiro atoms. The Kier molecular flexibility index (Phi) is 4.36. The fraction of sp³-hybridized carbons (Fsp3) is 0.429. The molecule has 2 aliphatic carbocycles. The molecular weight excluding hydrogens is 230 g/mol. The van der Waals surface area contributed by atoms with Crippen LogP contribution in [-0.4, -0.2) is 11.5 Å². The van der Waals surface area contributed by atoms with Crippen LogP contribution >= 0.6 is 0 Å². The first-order valence-electron chi connectivity index (χ1n) is 6.18. The molecule has 0 amide bonds. The van der Waals surface area contributed by atoms with E-state index in [0.29, 0.717) is 18.1 Å². The Morgan fingerprint density at radius 2 is 2.28 bits per heavy atom. The molecule has 2 rings (SSSR count). The second-order valence-electron chi connectivity index (χ2n) is 4.75. The van der Waals surface area contributed by atoms with E-state index in [-0.39, 0.29) is 11.5 Å². The lowest BCUT2D eigenvalue weighted by Gasteiger charge is -2.31. The summed E-state index contributed by atoms with van der Waals surface area (Å²) in [4.78, 5) is 10.2. The molecule has 0 bridgehead atoms. The minimum atomic E-state index is -0.252. The van der Waals surface area contributed by atoms with Crippen LogP contribution in [0.15, 0.2) is 47.8 Å². The first-order valence-corrected chi connectivity index (χ1v) is 6.18. The molecule has 0 aliphatic heterocycles. The number of rotatable bonds is 4. The summed E-state index contributed by atoms with van der Waals surface area (Å²) in [7, 11) is 0. The maximum absolute atomic E-state index is 11.5. The van der Waals surface area contributed by atoms with Crippen LogP contribution in [0.2, 0.25) is 0 Å². The standard InChI is InChI=1S/C14H18NO3/c1-11-5-3-7-13(9-11)17-15(16)18-14-8-4-6-12(2)10-14/h3-5,7-8,10,12-13H,6,9H2,1-2H3/q-1. The minimum Gasteiger partial charge on any atom is -0.728 e. The molecule has 2 aliphatic rings. The Bertz CT molecular complexity index is 409. The van der Waals surface area contributed by atoms with E-state index < -0.39 is 0 Å². The summed E-state index contributed by atoms with van der Waals surface area (Å²) in [5.74, 6) is 0.925. The van der Waals surface area contributed by atoms with Crippen LogP contribution in [0.3, 0.4) is 0 Å². The topological polar surface area (TPSA) is 44.8 Å². The van der Waals surface area contributed by atoms with Gasteiger partial charge in [0.15, 0.2) is 0 Å². The quantitative estimate of drug-likeness (QED) is 0.715. The molecule has 0 aromatic heterocycles. The lowest BCUT2D eigenvalue weighted by atomic mass is 10.0. The van der Waals surface area contributed by atoms with E-state index in [2.05, 4.69) is 6.92 Å². The largest absolute Gasteiger partial charge is 0.728 e. The van der Waals surface area contributed by atoms with Crippen LogP contribution in [0.1, 0.15) is 26.7 Å². The van der Waals surface area contributed by atoms with E-state index in [4.69, 9.17) is 9.68 Å². The van der Waals surface area contributed by atoms with Crippen LogP contribution < -0.4 is 0 Å². The average molecular weight is 248 g/mol. The molecule has 0 heterocycles. The van der Waals surface area contributed by atoms with E-state index in [0.717, 1.165) is 6.42 Å². The molecule has 0 N–H and O–H groups in total. The van der Waals surface area contributed by atoms with Crippen molar-refractivity contribution in [2.45, 2.75) is 32.8 Å². The molecule has 0 fully saturated rings. The van der Waals surface area contributed by atoms with Crippen molar-refractivity contribution in [1.82, 2.24) is 5.39 Å². The van der Waals surface area contributed by atoms with Crippen molar-refractivity contribution in [3.8, 4) is 0 Å². The maximum atomic E-state index is 11.5. The van der Waals surface area contributed by atoms with Crippen LogP contribution in [-0.2, 0) is 9.68 Å². The zero-order chi connectivity index (χ0) is 13.0. The third-order valence-electron chi connectivity index (χ3n) is 2.87. The van der Waals surface area contributed by atoms with Gasteiger partial charge in [-0.25, -0.2) is 0 Å². The monoisotopic (exact) mass is 248 g/mol. The van der Waals surface area contributed by atoms with Gasteiger partial charge >= 0.3 is 0 Å². The van der Waals surface area contributed by atoms with Crippen molar-refractivity contribution in [2.24, 2.45) is 5.92 Å². The Balaban J connectivity index is 1.82. The Hall–Kier alpha value is -1.36. The molecule has 0 saturated carbocycles. The molecular formula is C14H18NO3-. The van der Waals surface area contributed by atoms with E-state index in [1.54, 1.807) is 6.08 Å². The van der Waals surface area contributed by atoms with Crippen LogP contribution in [0.25, 0.3) is 0 Å². The molecule has 98 valence electrons. The first kappa shape index (κ1) is 13.1. The predicted octanol–water partition coefficient (Wildman–Crippen LogP) is 3.40. The molecule has 4 heteroatoms. The molecule has 0 radical (unpaired) electrons. The Morgan fingerprint density at radius 1 is 1.44 bits per heavy atom. The molecule has 0 aromatic rings. The van der Waals surface area contributed by atoms with Gasteiger partial charge in [0.2, 0.25) is 0 Å². The van der Waals surface area contributed by atoms with E-state index in [1.165, 1.54) is 5.57 Å². The average Bonchev–Trinajstić information content (AvgIpc) is 2.28. The summed E-state index contributed by atoms with van der Waals surface area (Å²) in [6, 6.07) is 0. The van der Waals surface area contributed by atoms with E-state index in [1.807, 2.05) is 37.3 Å². The van der Waals surface area contributed by atoms with Crippen molar-refractivity contribution in [3.05, 3.63) is 53.0 Å². The highest BCUT2D eigenvalue weighted by atomic mass is 17.1. The number of hydrogen-bond acceptors (Lipinski definition) is 4. The Labute approximate surface area is 107 Å². The van der Waals surface area contributed by atoms with Gasteiger partial charge in [0, 0.05) is 6.42 Å². The summed E-state index contributed by atoms with van der Waals surface area (Å²) in [5, 5.41) is 11.7. The fourth-order valence-corrected chi connectivity index (χ4v) is 1.95. The van der Waals surface area contributed by atoms with Crippen molar-refractivity contribution >= 4 is 0 Å². The molecule has 18 heavy (non-hydrogen) atoms. The maximum Gasteiger partial charge on any atom is 0.145 e. The van der Waals surface area contributed by atoms with Gasteiger partial charge in [-0.2, -0.15) is 0 Å². The van der Waals surface area contributed by atoms with Crippen LogP contribution in [0.5, 0.6) is 0 Å². The summed E-state index contributed by atoms with van der Waals surface area (Å²) in [6.07, 6.45) is 12.9. The summed E-state index contributed by atoms with van der Waals surface area (Å²) < 4.78 is 0. The zero-order valence-corrected chi connectivity index (χ0v) is 10.7. The smallest absolute Gasteiger partial charge is 0.145 e. The van der Waals surface area contributed by atoms with Crippen molar-refractivity contribution in [2.75, 3.05) is 0 Å². The lowest BCUT2D eigenvalue weighted by Crippen LogP contribution is -2.25. The van der Waals surface area contributed by atoms with Gasteiger partial charge < -0.3 is 10.0 Å². The van der Waals surface area contributed by atoms with Gasteiger partial charge in [-0.15, -0.1) is 0 Å². The third kappa shape index (κ3) is 3.84. The molecule has 2 unspecified atom stereocenters. The molecule has 4 nitrogen and oxygen atoms in total. The fourth-order valence-electron chi connectivity index (χ4n) is 1.95. The normalized spacial score (nSPS) is 27.1. The number of hydrogen-bond donors (Lipinski definition) is 0. The summed E-state index contributed by atoms with van der Waals surface area (Å²) in [6.45, 7) is 4.07. The molecule has 0 saturated heterocycles. The predicted molar refractivity (Wildman–Crippen MR) is 69.7 cm³/mol. The van der Waals surface area contributed by atoms with Crippen molar-refractivity contribution in [3.63, 3.8) is 0 Å². The number of allylic oxidation sites excluding steroid dienone is 5. The zero-order valence-electron chi connectivity index (χ0n) is 10.7. The summed E-state index contributed by atoms with van der Waals surface area (Å²) >= 11 is 0. The van der Waals surface area contributed by atoms with Gasteiger partial charge in [-0.1, -0.05) is 42.2 Å². The lowest BCUT2D eigenvalue weighted by molar-refractivity contribution is -0.327. The van der Waals surface area contributed by atoms with Crippen LogP contribution in [0, 0.1) is 11.1 Å². The molecule has 2 atom stereocenters. The van der Waals surface area contributed by atoms with E-state index in [9.17, 15) is 5.21 Å². The van der Waals surface area contributed by atoms with Gasteiger partial charge in [-0.05, 0) is 31.4 Å². The van der Waals surface area contributed by atoms with Crippen molar-refractivity contribution in [1.29, 1.82) is 0 Å². The van der Waals surface area contributed by atoms with Crippen LogP contribution in [0.4, 0.5) is 0 Å². The van der Waals surface area contributed by atoms with Gasteiger partial charge in [0.1, 0.15) is 11.9 Å². The summed E-state index contributed by atoms with van der Waals surface area (Å²) in [5.41, 5.74) is 1.18. The highest BCUT2D eigenvalue weighted by Crippen LogP contribution is 2.20. The molecule has 0 aromatic carbocycles. The van der Waals surface area contributed by atoms with Crippen molar-refractivity contribution < 1.29 is 9.68 Å². The second kappa shape index (κ2) is 6.00. The third-order valence-corrected chi connectivity index (χ3v) is 2.87. The second-order valence-corrected chi connectivity index (χ2v) is 4.75. The highest BCUT2D eigenvalue weighted by Gasteiger charge is 2.12. The SMILES string of the molecule is CC1=CC=CC(ON([O-])OC2=CC(C)CC=C2)C1. The Morgan fingerprint density at radius 3 is 3.00 bits per heavy atom. The van der Waals surface area contributed by atoms with E-state index >= 15 is 0 Å². The van der Waals surface area contributed by atoms with Gasteiger partial charge in [0.25, 0.3) is 0 Å². The van der Waals surface area contributed by atoms with Gasteiger partial charge in [0.05, 0.1) is 0 Å².